The first kappa shape index (κ1) is 15.3. The van der Waals surface area contributed by atoms with Crippen molar-refractivity contribution in [1.29, 1.82) is 0 Å². The fraction of sp³-hybridized carbons (Fsp3) is 0.647. The van der Waals surface area contributed by atoms with Gasteiger partial charge in [-0.05, 0) is 29.5 Å². The van der Waals surface area contributed by atoms with E-state index in [1.165, 1.54) is 11.1 Å². The summed E-state index contributed by atoms with van der Waals surface area (Å²) < 4.78 is 5.39. The van der Waals surface area contributed by atoms with Crippen molar-refractivity contribution in [1.82, 2.24) is 10.2 Å². The number of hydrogen-bond donors (Lipinski definition) is 1. The smallest absolute Gasteiger partial charge is 0.121 e. The zero-order valence-electron chi connectivity index (χ0n) is 13.5. The maximum Gasteiger partial charge on any atom is 0.121 e. The third kappa shape index (κ3) is 3.33. The molecule has 1 saturated heterocycles. The lowest BCUT2D eigenvalue weighted by Crippen LogP contribution is -2.48. The molecule has 0 aromatic heterocycles. The van der Waals surface area contributed by atoms with Gasteiger partial charge in [-0.2, -0.15) is 0 Å². The van der Waals surface area contributed by atoms with Crippen molar-refractivity contribution in [3.8, 4) is 5.75 Å². The molecule has 0 spiro atoms. The van der Waals surface area contributed by atoms with Crippen molar-refractivity contribution in [3.05, 3.63) is 29.3 Å². The highest BCUT2D eigenvalue weighted by Crippen LogP contribution is 2.39. The predicted octanol–water partition coefficient (Wildman–Crippen LogP) is 3.00. The largest absolute Gasteiger partial charge is 0.496 e. The standard InChI is InChI=1S/C17H28N2O/c1-13-12-14(6-7-15(13)20-5)16(17(2,3)4)19-10-8-18-9-11-19/h6-7,12,16,18H,8-11H2,1-5H3/t16-/m0/s1. The highest BCUT2D eigenvalue weighted by molar-refractivity contribution is 5.38. The third-order valence-corrected chi connectivity index (χ3v) is 4.07. The summed E-state index contributed by atoms with van der Waals surface area (Å²) in [5.74, 6) is 0.974. The Kier molecular flexibility index (Phi) is 4.71. The van der Waals surface area contributed by atoms with E-state index >= 15 is 0 Å². The number of piperazine rings is 1. The zero-order chi connectivity index (χ0) is 14.8. The molecule has 1 heterocycles. The van der Waals surface area contributed by atoms with E-state index in [9.17, 15) is 0 Å². The lowest BCUT2D eigenvalue weighted by Gasteiger charge is -2.42. The van der Waals surface area contributed by atoms with E-state index < -0.39 is 0 Å². The molecule has 0 saturated carbocycles. The molecule has 1 aliphatic heterocycles. The van der Waals surface area contributed by atoms with Gasteiger partial charge >= 0.3 is 0 Å². The molecule has 2 rings (SSSR count). The van der Waals surface area contributed by atoms with Gasteiger partial charge in [0.2, 0.25) is 0 Å². The van der Waals surface area contributed by atoms with Crippen molar-refractivity contribution in [2.24, 2.45) is 5.41 Å². The van der Waals surface area contributed by atoms with E-state index in [4.69, 9.17) is 4.74 Å². The van der Waals surface area contributed by atoms with E-state index in [-0.39, 0.29) is 5.41 Å². The van der Waals surface area contributed by atoms with Crippen LogP contribution in [-0.4, -0.2) is 38.2 Å². The van der Waals surface area contributed by atoms with Crippen LogP contribution in [0.5, 0.6) is 5.75 Å². The van der Waals surface area contributed by atoms with Gasteiger partial charge in [0.15, 0.2) is 0 Å². The van der Waals surface area contributed by atoms with Crippen LogP contribution in [0.25, 0.3) is 0 Å². The quantitative estimate of drug-likeness (QED) is 0.918. The van der Waals surface area contributed by atoms with Crippen LogP contribution in [0.1, 0.15) is 37.9 Å². The second-order valence-corrected chi connectivity index (χ2v) is 6.78. The van der Waals surface area contributed by atoms with Crippen LogP contribution in [0.15, 0.2) is 18.2 Å². The summed E-state index contributed by atoms with van der Waals surface area (Å²) >= 11 is 0. The monoisotopic (exact) mass is 276 g/mol. The van der Waals surface area contributed by atoms with E-state index in [0.717, 1.165) is 31.9 Å². The minimum atomic E-state index is 0.221. The average Bonchev–Trinajstić information content (AvgIpc) is 2.39. The SMILES string of the molecule is COc1ccc([C@H](N2CCNCC2)C(C)(C)C)cc1C. The summed E-state index contributed by atoms with van der Waals surface area (Å²) in [6, 6.07) is 7.07. The van der Waals surface area contributed by atoms with Gasteiger partial charge in [-0.1, -0.05) is 32.9 Å². The number of aryl methyl sites for hydroxylation is 1. The minimum Gasteiger partial charge on any atom is -0.496 e. The Morgan fingerprint density at radius 3 is 2.35 bits per heavy atom. The van der Waals surface area contributed by atoms with E-state index in [1.807, 2.05) is 0 Å². The van der Waals surface area contributed by atoms with Crippen molar-refractivity contribution in [3.63, 3.8) is 0 Å². The van der Waals surface area contributed by atoms with Gasteiger partial charge in [-0.15, -0.1) is 0 Å². The highest BCUT2D eigenvalue weighted by Gasteiger charge is 2.32. The van der Waals surface area contributed by atoms with Crippen LogP contribution in [0, 0.1) is 12.3 Å². The highest BCUT2D eigenvalue weighted by atomic mass is 16.5. The lowest BCUT2D eigenvalue weighted by atomic mass is 9.80. The van der Waals surface area contributed by atoms with Crippen LogP contribution >= 0.6 is 0 Å². The van der Waals surface area contributed by atoms with Gasteiger partial charge in [0.05, 0.1) is 7.11 Å². The van der Waals surface area contributed by atoms with Gasteiger partial charge < -0.3 is 10.1 Å². The number of rotatable bonds is 3. The molecule has 0 radical (unpaired) electrons. The zero-order valence-corrected chi connectivity index (χ0v) is 13.5. The Labute approximate surface area is 123 Å². The molecule has 1 atom stereocenters. The third-order valence-electron chi connectivity index (χ3n) is 4.07. The number of nitrogens with one attached hydrogen (secondary N) is 1. The second kappa shape index (κ2) is 6.15. The van der Waals surface area contributed by atoms with Gasteiger partial charge in [0, 0.05) is 32.2 Å². The Bertz CT molecular complexity index is 445. The van der Waals surface area contributed by atoms with Crippen molar-refractivity contribution < 1.29 is 4.74 Å². The van der Waals surface area contributed by atoms with E-state index in [2.05, 4.69) is 56.1 Å². The first-order chi connectivity index (χ1) is 9.43. The van der Waals surface area contributed by atoms with E-state index in [1.54, 1.807) is 7.11 Å². The molecular weight excluding hydrogens is 248 g/mol. The lowest BCUT2D eigenvalue weighted by molar-refractivity contribution is 0.0861. The number of methoxy groups -OCH3 is 1. The fourth-order valence-electron chi connectivity index (χ4n) is 3.27. The van der Waals surface area contributed by atoms with Crippen LogP contribution < -0.4 is 10.1 Å². The molecule has 112 valence electrons. The van der Waals surface area contributed by atoms with Crippen molar-refractivity contribution >= 4 is 0 Å². The molecule has 20 heavy (non-hydrogen) atoms. The first-order valence-corrected chi connectivity index (χ1v) is 7.53. The Hall–Kier alpha value is -1.06. The molecule has 0 bridgehead atoms. The molecule has 1 N–H and O–H groups in total. The molecule has 1 aliphatic rings. The normalized spacial score (nSPS) is 18.9. The van der Waals surface area contributed by atoms with Crippen molar-refractivity contribution in [2.75, 3.05) is 33.3 Å². The van der Waals surface area contributed by atoms with Gasteiger partial charge in [0.25, 0.3) is 0 Å². The molecule has 1 aromatic carbocycles. The Morgan fingerprint density at radius 2 is 1.85 bits per heavy atom. The molecule has 1 fully saturated rings. The number of nitrogens with zero attached hydrogens (tertiary/aromatic N) is 1. The topological polar surface area (TPSA) is 24.5 Å². The maximum atomic E-state index is 5.39. The maximum absolute atomic E-state index is 5.39. The molecule has 3 nitrogen and oxygen atoms in total. The molecular formula is C17H28N2O. The molecule has 0 amide bonds. The number of hydrogen-bond acceptors (Lipinski definition) is 3. The second-order valence-electron chi connectivity index (χ2n) is 6.78. The van der Waals surface area contributed by atoms with Crippen LogP contribution in [0.4, 0.5) is 0 Å². The van der Waals surface area contributed by atoms with Gasteiger partial charge in [0.1, 0.15) is 5.75 Å². The van der Waals surface area contributed by atoms with Crippen LogP contribution in [0.3, 0.4) is 0 Å². The summed E-state index contributed by atoms with van der Waals surface area (Å²) in [4.78, 5) is 2.61. The van der Waals surface area contributed by atoms with Crippen LogP contribution in [0.2, 0.25) is 0 Å². The van der Waals surface area contributed by atoms with Gasteiger partial charge in [-0.3, -0.25) is 4.90 Å². The first-order valence-electron chi connectivity index (χ1n) is 7.53. The van der Waals surface area contributed by atoms with Crippen LogP contribution in [-0.2, 0) is 0 Å². The summed E-state index contributed by atoms with van der Waals surface area (Å²) in [5, 5.41) is 3.44. The summed E-state index contributed by atoms with van der Waals surface area (Å²) in [5.41, 5.74) is 2.84. The Balaban J connectivity index is 2.33. The summed E-state index contributed by atoms with van der Waals surface area (Å²) in [7, 11) is 1.74. The van der Waals surface area contributed by atoms with Crippen molar-refractivity contribution in [2.45, 2.75) is 33.7 Å². The molecule has 1 aromatic rings. The minimum absolute atomic E-state index is 0.221. The number of ether oxygens (including phenoxy) is 1. The molecule has 3 heteroatoms. The Morgan fingerprint density at radius 1 is 1.20 bits per heavy atom. The van der Waals surface area contributed by atoms with Gasteiger partial charge in [-0.25, -0.2) is 0 Å². The van der Waals surface area contributed by atoms with E-state index in [0.29, 0.717) is 6.04 Å². The molecule has 0 aliphatic carbocycles. The summed E-state index contributed by atoms with van der Waals surface area (Å²) in [6.45, 7) is 13.5. The fourth-order valence-corrected chi connectivity index (χ4v) is 3.27. The average molecular weight is 276 g/mol. The predicted molar refractivity (Wildman–Crippen MR) is 84.4 cm³/mol. The molecule has 0 unspecified atom stereocenters. The number of benzene rings is 1. The summed E-state index contributed by atoms with van der Waals surface area (Å²) in [6.07, 6.45) is 0.